The Balaban J connectivity index is 1.75. The molecule has 0 spiro atoms. The highest BCUT2D eigenvalue weighted by molar-refractivity contribution is 6.04. The first kappa shape index (κ1) is 18.1. The molecule has 0 aliphatic heterocycles. The van der Waals surface area contributed by atoms with Crippen LogP contribution in [0.25, 0.3) is 11.3 Å². The lowest BCUT2D eigenvalue weighted by Gasteiger charge is -2.07. The van der Waals surface area contributed by atoms with Gasteiger partial charge in [0, 0.05) is 17.2 Å². The van der Waals surface area contributed by atoms with E-state index in [1.165, 1.54) is 25.6 Å². The second kappa shape index (κ2) is 8.09. The zero-order valence-corrected chi connectivity index (χ0v) is 14.8. The zero-order chi connectivity index (χ0) is 19.2. The molecule has 0 aliphatic carbocycles. The van der Waals surface area contributed by atoms with Gasteiger partial charge in [-0.1, -0.05) is 0 Å². The van der Waals surface area contributed by atoms with Crippen LogP contribution in [-0.2, 0) is 4.74 Å². The first-order chi connectivity index (χ1) is 13.1. The fourth-order valence-corrected chi connectivity index (χ4v) is 2.41. The number of carbonyl (C=O) groups excluding carboxylic acids is 2. The average molecular weight is 363 g/mol. The molecular weight excluding hydrogens is 346 g/mol. The summed E-state index contributed by atoms with van der Waals surface area (Å²) in [5, 5.41) is 2.72. The maximum Gasteiger partial charge on any atom is 0.337 e. The highest BCUT2D eigenvalue weighted by atomic mass is 16.5. The molecule has 136 valence electrons. The molecule has 0 aliphatic rings. The maximum absolute atomic E-state index is 12.4. The summed E-state index contributed by atoms with van der Waals surface area (Å²) in [4.78, 5) is 32.2. The number of methoxy groups -OCH3 is 2. The average Bonchev–Trinajstić information content (AvgIpc) is 2.73. The highest BCUT2D eigenvalue weighted by Crippen LogP contribution is 2.22. The van der Waals surface area contributed by atoms with Crippen LogP contribution in [0.1, 0.15) is 20.7 Å². The topological polar surface area (TPSA) is 90.4 Å². The van der Waals surface area contributed by atoms with Crippen molar-refractivity contribution in [2.45, 2.75) is 0 Å². The Kier molecular flexibility index (Phi) is 5.41. The first-order valence-corrected chi connectivity index (χ1v) is 8.07. The van der Waals surface area contributed by atoms with Crippen molar-refractivity contribution in [1.29, 1.82) is 0 Å². The lowest BCUT2D eigenvalue weighted by atomic mass is 10.1. The van der Waals surface area contributed by atoms with Crippen molar-refractivity contribution in [2.24, 2.45) is 0 Å². The summed E-state index contributed by atoms with van der Waals surface area (Å²) in [6, 6.07) is 15.3. The SMILES string of the molecule is COC(=O)c1ccc(C(=O)Nc2cc(-c3ccc(OC)cc3)ncn2)cc1. The first-order valence-electron chi connectivity index (χ1n) is 8.07. The van der Waals surface area contributed by atoms with E-state index in [9.17, 15) is 9.59 Å². The van der Waals surface area contributed by atoms with Gasteiger partial charge >= 0.3 is 5.97 Å². The van der Waals surface area contributed by atoms with Gasteiger partial charge in [-0.3, -0.25) is 4.79 Å². The fraction of sp³-hybridized carbons (Fsp3) is 0.100. The lowest BCUT2D eigenvalue weighted by molar-refractivity contribution is 0.0600. The van der Waals surface area contributed by atoms with Gasteiger partial charge in [-0.25, -0.2) is 14.8 Å². The van der Waals surface area contributed by atoms with Gasteiger partial charge in [-0.2, -0.15) is 0 Å². The summed E-state index contributed by atoms with van der Waals surface area (Å²) >= 11 is 0. The molecule has 1 amide bonds. The van der Waals surface area contributed by atoms with Crippen LogP contribution in [0.15, 0.2) is 60.9 Å². The molecule has 0 fully saturated rings. The van der Waals surface area contributed by atoms with Gasteiger partial charge in [-0.15, -0.1) is 0 Å². The summed E-state index contributed by atoms with van der Waals surface area (Å²) in [6.07, 6.45) is 1.38. The number of hydrogen-bond donors (Lipinski definition) is 1. The van der Waals surface area contributed by atoms with E-state index in [-0.39, 0.29) is 5.91 Å². The predicted octanol–water partition coefficient (Wildman–Crippen LogP) is 3.19. The summed E-state index contributed by atoms with van der Waals surface area (Å²) in [5.41, 5.74) is 2.31. The van der Waals surface area contributed by atoms with E-state index in [2.05, 4.69) is 20.0 Å². The molecule has 0 saturated carbocycles. The van der Waals surface area contributed by atoms with Crippen molar-refractivity contribution in [3.63, 3.8) is 0 Å². The largest absolute Gasteiger partial charge is 0.497 e. The third kappa shape index (κ3) is 4.27. The predicted molar refractivity (Wildman–Crippen MR) is 99.8 cm³/mol. The third-order valence-corrected chi connectivity index (χ3v) is 3.86. The van der Waals surface area contributed by atoms with E-state index in [4.69, 9.17) is 4.74 Å². The van der Waals surface area contributed by atoms with Crippen LogP contribution < -0.4 is 10.1 Å². The summed E-state index contributed by atoms with van der Waals surface area (Å²) < 4.78 is 9.78. The molecule has 2 aromatic carbocycles. The Hall–Kier alpha value is -3.74. The smallest absolute Gasteiger partial charge is 0.337 e. The summed E-state index contributed by atoms with van der Waals surface area (Å²) in [5.74, 6) is 0.322. The molecule has 1 aromatic heterocycles. The third-order valence-electron chi connectivity index (χ3n) is 3.86. The van der Waals surface area contributed by atoms with E-state index < -0.39 is 5.97 Å². The second-order valence-corrected chi connectivity index (χ2v) is 5.54. The Bertz CT molecular complexity index is 954. The number of aromatic nitrogens is 2. The maximum atomic E-state index is 12.4. The van der Waals surface area contributed by atoms with Gasteiger partial charge < -0.3 is 14.8 Å². The van der Waals surface area contributed by atoms with Crippen LogP contribution in [0, 0.1) is 0 Å². The number of rotatable bonds is 5. The second-order valence-electron chi connectivity index (χ2n) is 5.54. The number of anilines is 1. The molecule has 7 nitrogen and oxygen atoms in total. The van der Waals surface area contributed by atoms with Crippen molar-refractivity contribution < 1.29 is 19.1 Å². The minimum atomic E-state index is -0.457. The van der Waals surface area contributed by atoms with E-state index >= 15 is 0 Å². The van der Waals surface area contributed by atoms with Crippen molar-refractivity contribution in [1.82, 2.24) is 9.97 Å². The van der Waals surface area contributed by atoms with Crippen LogP contribution in [0.4, 0.5) is 5.82 Å². The lowest BCUT2D eigenvalue weighted by Crippen LogP contribution is -2.13. The molecule has 3 aromatic rings. The van der Waals surface area contributed by atoms with Gasteiger partial charge in [0.05, 0.1) is 25.5 Å². The highest BCUT2D eigenvalue weighted by Gasteiger charge is 2.11. The van der Waals surface area contributed by atoms with Gasteiger partial charge in [0.25, 0.3) is 5.91 Å². The number of ether oxygens (including phenoxy) is 2. The molecule has 1 N–H and O–H groups in total. The zero-order valence-electron chi connectivity index (χ0n) is 14.8. The molecular formula is C20H17N3O4. The number of nitrogens with zero attached hydrogens (tertiary/aromatic N) is 2. The van der Waals surface area contributed by atoms with Crippen molar-refractivity contribution in [2.75, 3.05) is 19.5 Å². The molecule has 3 rings (SSSR count). The van der Waals surface area contributed by atoms with Crippen LogP contribution in [0.2, 0.25) is 0 Å². The Labute approximate surface area is 156 Å². The fourth-order valence-electron chi connectivity index (χ4n) is 2.41. The van der Waals surface area contributed by atoms with E-state index in [1.807, 2.05) is 24.3 Å². The minimum Gasteiger partial charge on any atom is -0.497 e. The molecule has 0 unspecified atom stereocenters. The molecule has 0 atom stereocenters. The number of nitrogens with one attached hydrogen (secondary N) is 1. The van der Waals surface area contributed by atoms with Crippen LogP contribution >= 0.6 is 0 Å². The normalized spacial score (nSPS) is 10.1. The number of esters is 1. The van der Waals surface area contributed by atoms with Crippen molar-refractivity contribution >= 4 is 17.7 Å². The molecule has 0 saturated heterocycles. The van der Waals surface area contributed by atoms with E-state index in [0.29, 0.717) is 22.6 Å². The van der Waals surface area contributed by atoms with Crippen molar-refractivity contribution in [3.05, 3.63) is 72.1 Å². The number of carbonyl (C=O) groups is 2. The molecule has 7 heteroatoms. The summed E-state index contributed by atoms with van der Waals surface area (Å²) in [7, 11) is 2.91. The number of amides is 1. The molecule has 0 bridgehead atoms. The number of benzene rings is 2. The Morgan fingerprint density at radius 2 is 1.56 bits per heavy atom. The van der Waals surface area contributed by atoms with Crippen LogP contribution in [0.5, 0.6) is 5.75 Å². The van der Waals surface area contributed by atoms with E-state index in [0.717, 1.165) is 11.3 Å². The van der Waals surface area contributed by atoms with Gasteiger partial charge in [0.2, 0.25) is 0 Å². The molecule has 0 radical (unpaired) electrons. The molecule has 27 heavy (non-hydrogen) atoms. The number of hydrogen-bond acceptors (Lipinski definition) is 6. The van der Waals surface area contributed by atoms with E-state index in [1.54, 1.807) is 25.3 Å². The van der Waals surface area contributed by atoms with Gasteiger partial charge in [-0.05, 0) is 48.5 Å². The van der Waals surface area contributed by atoms with Crippen LogP contribution in [-0.4, -0.2) is 36.1 Å². The monoisotopic (exact) mass is 363 g/mol. The quantitative estimate of drug-likeness (QED) is 0.700. The van der Waals surface area contributed by atoms with Gasteiger partial charge in [0.15, 0.2) is 0 Å². The van der Waals surface area contributed by atoms with Crippen molar-refractivity contribution in [3.8, 4) is 17.0 Å². The summed E-state index contributed by atoms with van der Waals surface area (Å²) in [6.45, 7) is 0. The minimum absolute atomic E-state index is 0.342. The van der Waals surface area contributed by atoms with Crippen LogP contribution in [0.3, 0.4) is 0 Å². The van der Waals surface area contributed by atoms with Gasteiger partial charge in [0.1, 0.15) is 17.9 Å². The standard InChI is InChI=1S/C20H17N3O4/c1-26-16-9-7-13(8-10-16)17-11-18(22-12-21-17)23-19(24)14-3-5-15(6-4-14)20(25)27-2/h3-12H,1-2H3,(H,21,22,23,24). The molecule has 1 heterocycles. The Morgan fingerprint density at radius 1 is 0.889 bits per heavy atom. The Morgan fingerprint density at radius 3 is 2.19 bits per heavy atom.